The Kier molecular flexibility index (Phi) is 4.68. The molecule has 0 unspecified atom stereocenters. The van der Waals surface area contributed by atoms with Crippen molar-refractivity contribution in [3.63, 3.8) is 0 Å². The topological polar surface area (TPSA) is 80.6 Å². The first-order valence-corrected chi connectivity index (χ1v) is 8.84. The fourth-order valence-corrected chi connectivity index (χ4v) is 2.87. The lowest BCUT2D eigenvalue weighted by molar-refractivity contribution is -0.128. The fraction of sp³-hybridized carbons (Fsp3) is 0.0909. The third-order valence-electron chi connectivity index (χ3n) is 4.35. The number of rotatable bonds is 4. The number of para-hydroxylation sites is 1. The van der Waals surface area contributed by atoms with Crippen LogP contribution < -0.4 is 15.6 Å². The van der Waals surface area contributed by atoms with Gasteiger partial charge in [-0.05, 0) is 42.0 Å². The zero-order valence-corrected chi connectivity index (χ0v) is 15.1. The van der Waals surface area contributed by atoms with Crippen LogP contribution in [0.2, 0.25) is 0 Å². The number of fused-ring (bicyclic) bond motifs is 2. The summed E-state index contributed by atoms with van der Waals surface area (Å²) in [5.41, 5.74) is 5.31. The van der Waals surface area contributed by atoms with Crippen molar-refractivity contribution in [2.24, 2.45) is 0 Å². The molecule has 0 radical (unpaired) electrons. The van der Waals surface area contributed by atoms with Gasteiger partial charge >= 0.3 is 5.91 Å². The van der Waals surface area contributed by atoms with Crippen LogP contribution in [-0.4, -0.2) is 17.9 Å². The summed E-state index contributed by atoms with van der Waals surface area (Å²) in [5.74, 6) is -0.324. The summed E-state index contributed by atoms with van der Waals surface area (Å²) in [6.45, 7) is 1.61. The van der Waals surface area contributed by atoms with E-state index in [1.54, 1.807) is 25.1 Å². The van der Waals surface area contributed by atoms with Crippen LogP contribution in [0.3, 0.4) is 0 Å². The van der Waals surface area contributed by atoms with Gasteiger partial charge in [0.1, 0.15) is 11.3 Å². The normalized spacial score (nSPS) is 11.9. The quantitative estimate of drug-likeness (QED) is 0.532. The molecule has 0 spiro atoms. The zero-order chi connectivity index (χ0) is 19.5. The van der Waals surface area contributed by atoms with Crippen molar-refractivity contribution in [2.45, 2.75) is 13.0 Å². The first-order chi connectivity index (χ1) is 13.6. The third-order valence-corrected chi connectivity index (χ3v) is 4.35. The molecule has 140 valence electrons. The van der Waals surface area contributed by atoms with Crippen molar-refractivity contribution in [3.05, 3.63) is 78.6 Å². The van der Waals surface area contributed by atoms with E-state index in [0.29, 0.717) is 11.3 Å². The Morgan fingerprint density at radius 3 is 2.36 bits per heavy atom. The molecule has 1 atom stereocenters. The van der Waals surface area contributed by atoms with Crippen molar-refractivity contribution >= 4 is 33.6 Å². The van der Waals surface area contributed by atoms with E-state index in [2.05, 4.69) is 10.9 Å². The van der Waals surface area contributed by atoms with E-state index in [9.17, 15) is 9.59 Å². The molecule has 1 aromatic heterocycles. The Bertz CT molecular complexity index is 1130. The number of ether oxygens (including phenoxy) is 1. The van der Waals surface area contributed by atoms with Crippen LogP contribution in [0, 0.1) is 0 Å². The second-order valence-corrected chi connectivity index (χ2v) is 6.36. The maximum absolute atomic E-state index is 12.2. The predicted molar refractivity (Wildman–Crippen MR) is 106 cm³/mol. The average molecular weight is 374 g/mol. The first-order valence-electron chi connectivity index (χ1n) is 8.84. The molecule has 0 aliphatic carbocycles. The highest BCUT2D eigenvalue weighted by Crippen LogP contribution is 2.21. The Balaban J connectivity index is 1.36. The molecule has 0 saturated heterocycles. The van der Waals surface area contributed by atoms with Crippen LogP contribution in [0.15, 0.2) is 77.2 Å². The van der Waals surface area contributed by atoms with Crippen LogP contribution in [0.1, 0.15) is 17.5 Å². The molecule has 2 N–H and O–H groups in total. The lowest BCUT2D eigenvalue weighted by Crippen LogP contribution is -2.47. The first kappa shape index (κ1) is 17.6. The molecule has 0 aliphatic heterocycles. The highest BCUT2D eigenvalue weighted by molar-refractivity contribution is 5.97. The van der Waals surface area contributed by atoms with Gasteiger partial charge in [0.2, 0.25) is 0 Å². The molecule has 0 aliphatic rings. The van der Waals surface area contributed by atoms with E-state index >= 15 is 0 Å². The second kappa shape index (κ2) is 7.44. The van der Waals surface area contributed by atoms with E-state index in [1.165, 1.54) is 0 Å². The molecule has 0 fully saturated rings. The molecule has 2 amide bonds. The summed E-state index contributed by atoms with van der Waals surface area (Å²) in [6, 6.07) is 22.4. The van der Waals surface area contributed by atoms with Crippen LogP contribution in [0.5, 0.6) is 5.75 Å². The van der Waals surface area contributed by atoms with Gasteiger partial charge in [0, 0.05) is 5.39 Å². The summed E-state index contributed by atoms with van der Waals surface area (Å²) >= 11 is 0. The predicted octanol–water partition coefficient (Wildman–Crippen LogP) is 3.81. The minimum Gasteiger partial charge on any atom is -0.481 e. The van der Waals surface area contributed by atoms with Crippen molar-refractivity contribution in [1.29, 1.82) is 0 Å². The standard InChI is InChI=1S/C22H18N2O4/c1-14(27-18-11-10-15-6-2-3-7-16(15)12-18)21(25)23-24-22(26)20-13-17-8-4-5-9-19(17)28-20/h2-14H,1H3,(H,23,25)(H,24,26)/t14-/m1/s1. The maximum Gasteiger partial charge on any atom is 0.305 e. The zero-order valence-electron chi connectivity index (χ0n) is 15.1. The number of carbonyl (C=O) groups is 2. The van der Waals surface area contributed by atoms with Crippen LogP contribution >= 0.6 is 0 Å². The number of benzene rings is 3. The van der Waals surface area contributed by atoms with Crippen LogP contribution in [0.4, 0.5) is 0 Å². The smallest absolute Gasteiger partial charge is 0.305 e. The molecular formula is C22H18N2O4. The van der Waals surface area contributed by atoms with Gasteiger partial charge in [0.15, 0.2) is 11.9 Å². The number of carbonyl (C=O) groups excluding carboxylic acids is 2. The third kappa shape index (κ3) is 3.66. The monoisotopic (exact) mass is 374 g/mol. The number of hydrazine groups is 1. The van der Waals surface area contributed by atoms with Crippen molar-refractivity contribution in [2.75, 3.05) is 0 Å². The molecule has 4 rings (SSSR count). The summed E-state index contributed by atoms with van der Waals surface area (Å²) < 4.78 is 11.1. The van der Waals surface area contributed by atoms with Crippen LogP contribution in [0.25, 0.3) is 21.7 Å². The largest absolute Gasteiger partial charge is 0.481 e. The minimum absolute atomic E-state index is 0.115. The number of furan rings is 1. The van der Waals surface area contributed by atoms with Gasteiger partial charge < -0.3 is 9.15 Å². The van der Waals surface area contributed by atoms with Gasteiger partial charge in [0.25, 0.3) is 5.91 Å². The van der Waals surface area contributed by atoms with Gasteiger partial charge in [-0.15, -0.1) is 0 Å². The molecule has 6 nitrogen and oxygen atoms in total. The van der Waals surface area contributed by atoms with Crippen molar-refractivity contribution in [1.82, 2.24) is 10.9 Å². The van der Waals surface area contributed by atoms with E-state index in [1.807, 2.05) is 54.6 Å². The highest BCUT2D eigenvalue weighted by atomic mass is 16.5. The molecule has 1 heterocycles. The second-order valence-electron chi connectivity index (χ2n) is 6.36. The van der Waals surface area contributed by atoms with Crippen LogP contribution in [-0.2, 0) is 4.79 Å². The lowest BCUT2D eigenvalue weighted by atomic mass is 10.1. The Hall–Kier alpha value is -3.80. The van der Waals surface area contributed by atoms with Gasteiger partial charge in [-0.2, -0.15) is 0 Å². The SMILES string of the molecule is C[C@@H](Oc1ccc2ccccc2c1)C(=O)NNC(=O)c1cc2ccccc2o1. The molecular weight excluding hydrogens is 356 g/mol. The molecule has 28 heavy (non-hydrogen) atoms. The molecule has 0 bridgehead atoms. The summed E-state index contributed by atoms with van der Waals surface area (Å²) in [5, 5.41) is 2.92. The number of hydrogen-bond acceptors (Lipinski definition) is 4. The van der Waals surface area contributed by atoms with E-state index in [4.69, 9.17) is 9.15 Å². The minimum atomic E-state index is -0.794. The average Bonchev–Trinajstić information content (AvgIpc) is 3.16. The molecule has 3 aromatic carbocycles. The maximum atomic E-state index is 12.2. The lowest BCUT2D eigenvalue weighted by Gasteiger charge is -2.15. The van der Waals surface area contributed by atoms with E-state index in [-0.39, 0.29) is 5.76 Å². The van der Waals surface area contributed by atoms with Crippen molar-refractivity contribution in [3.8, 4) is 5.75 Å². The summed E-state index contributed by atoms with van der Waals surface area (Å²) in [4.78, 5) is 24.4. The summed E-state index contributed by atoms with van der Waals surface area (Å²) in [7, 11) is 0. The Labute approximate surface area is 161 Å². The number of nitrogens with one attached hydrogen (secondary N) is 2. The van der Waals surface area contributed by atoms with Gasteiger partial charge in [-0.25, -0.2) is 0 Å². The molecule has 6 heteroatoms. The van der Waals surface area contributed by atoms with Crippen molar-refractivity contribution < 1.29 is 18.7 Å². The Morgan fingerprint density at radius 2 is 1.57 bits per heavy atom. The van der Waals surface area contributed by atoms with E-state index < -0.39 is 17.9 Å². The van der Waals surface area contributed by atoms with Gasteiger partial charge in [-0.1, -0.05) is 48.5 Å². The molecule has 0 saturated carbocycles. The Morgan fingerprint density at radius 1 is 0.857 bits per heavy atom. The number of hydrogen-bond donors (Lipinski definition) is 2. The fourth-order valence-electron chi connectivity index (χ4n) is 2.87. The molecule has 4 aromatic rings. The highest BCUT2D eigenvalue weighted by Gasteiger charge is 2.17. The summed E-state index contributed by atoms with van der Waals surface area (Å²) in [6.07, 6.45) is -0.794. The number of amides is 2. The van der Waals surface area contributed by atoms with Gasteiger partial charge in [0.05, 0.1) is 0 Å². The van der Waals surface area contributed by atoms with Gasteiger partial charge in [-0.3, -0.25) is 20.4 Å². The van der Waals surface area contributed by atoms with E-state index in [0.717, 1.165) is 16.2 Å².